The fourth-order valence-electron chi connectivity index (χ4n) is 2.69. The molecule has 5 unspecified atom stereocenters. The molecule has 1 aliphatic heterocycles. The van der Waals surface area contributed by atoms with Gasteiger partial charge in [-0.2, -0.15) is 0 Å². The standard InChI is InChI=1S/C17H26N4O6/c1-3-26-11-6-4-10(5-7-11)8-13(18)19-21-20-17-15(24)16(25-2)14(23)12(9-22)27-17/h4-7,12,14-17,22-24H,3,8-9H2,1-2H3,(H2,18,19,20). The summed E-state index contributed by atoms with van der Waals surface area (Å²) >= 11 is 0. The van der Waals surface area contributed by atoms with Crippen LogP contribution in [0.1, 0.15) is 12.5 Å². The molecule has 0 spiro atoms. The van der Waals surface area contributed by atoms with Gasteiger partial charge >= 0.3 is 0 Å². The van der Waals surface area contributed by atoms with E-state index in [1.807, 2.05) is 31.2 Å². The number of benzene rings is 1. The molecule has 10 nitrogen and oxygen atoms in total. The molecule has 0 saturated carbocycles. The van der Waals surface area contributed by atoms with Gasteiger partial charge in [0.2, 0.25) is 0 Å². The van der Waals surface area contributed by atoms with E-state index in [2.05, 4.69) is 15.4 Å². The normalized spacial score (nSPS) is 29.2. The number of nitrogens with zero attached hydrogens (tertiary/aromatic N) is 3. The van der Waals surface area contributed by atoms with Gasteiger partial charge in [-0.05, 0) is 29.8 Å². The van der Waals surface area contributed by atoms with Crippen molar-refractivity contribution < 1.29 is 29.5 Å². The van der Waals surface area contributed by atoms with Crippen LogP contribution in [-0.2, 0) is 15.9 Å². The van der Waals surface area contributed by atoms with E-state index in [0.717, 1.165) is 11.3 Å². The van der Waals surface area contributed by atoms with Crippen molar-refractivity contribution in [3.05, 3.63) is 29.8 Å². The Hall–Kier alpha value is -2.11. The van der Waals surface area contributed by atoms with Crippen LogP contribution >= 0.6 is 0 Å². The molecule has 0 aliphatic carbocycles. The van der Waals surface area contributed by atoms with E-state index in [-0.39, 0.29) is 5.84 Å². The highest BCUT2D eigenvalue weighted by Gasteiger charge is 2.44. The van der Waals surface area contributed by atoms with Gasteiger partial charge in [-0.1, -0.05) is 12.1 Å². The minimum Gasteiger partial charge on any atom is -0.494 e. The number of rotatable bonds is 8. The summed E-state index contributed by atoms with van der Waals surface area (Å²) in [6.07, 6.45) is -5.15. The predicted octanol–water partition coefficient (Wildman–Crippen LogP) is -0.194. The summed E-state index contributed by atoms with van der Waals surface area (Å²) in [7, 11) is 1.33. The van der Waals surface area contributed by atoms with Crippen molar-refractivity contribution in [1.29, 1.82) is 0 Å². The lowest BCUT2D eigenvalue weighted by molar-refractivity contribution is -0.234. The van der Waals surface area contributed by atoms with E-state index in [4.69, 9.17) is 19.9 Å². The van der Waals surface area contributed by atoms with E-state index in [0.29, 0.717) is 13.0 Å². The van der Waals surface area contributed by atoms with Crippen molar-refractivity contribution in [3.63, 3.8) is 0 Å². The number of amidine groups is 1. The van der Waals surface area contributed by atoms with E-state index in [1.54, 1.807) is 0 Å². The van der Waals surface area contributed by atoms with Gasteiger partial charge in [0.25, 0.3) is 0 Å². The smallest absolute Gasteiger partial charge is 0.199 e. The number of aliphatic hydroxyl groups is 3. The summed E-state index contributed by atoms with van der Waals surface area (Å²) in [4.78, 5) is 0. The van der Waals surface area contributed by atoms with Crippen LogP contribution in [0.2, 0.25) is 0 Å². The highest BCUT2D eigenvalue weighted by molar-refractivity contribution is 5.82. The summed E-state index contributed by atoms with van der Waals surface area (Å²) in [5, 5.41) is 40.5. The molecule has 0 radical (unpaired) electrons. The third kappa shape index (κ3) is 5.68. The topological polar surface area (TPSA) is 151 Å². The van der Waals surface area contributed by atoms with Crippen LogP contribution in [0.5, 0.6) is 5.75 Å². The van der Waals surface area contributed by atoms with Crippen LogP contribution in [0.4, 0.5) is 0 Å². The number of nitrogens with two attached hydrogens (primary N) is 1. The lowest BCUT2D eigenvalue weighted by Crippen LogP contribution is -2.58. The van der Waals surface area contributed by atoms with Gasteiger partial charge in [0.1, 0.15) is 36.0 Å². The number of aliphatic hydroxyl groups excluding tert-OH is 3. The SMILES string of the molecule is CCOc1ccc(CC(N)=NN=NC2OC(CO)C(O)C(OC)C2O)cc1. The second-order valence-corrected chi connectivity index (χ2v) is 5.98. The molecular formula is C17H26N4O6. The minimum atomic E-state index is -1.26. The molecule has 150 valence electrons. The molecule has 0 bridgehead atoms. The molecule has 5 N–H and O–H groups in total. The van der Waals surface area contributed by atoms with Gasteiger partial charge < -0.3 is 35.3 Å². The van der Waals surface area contributed by atoms with Crippen molar-refractivity contribution in [1.82, 2.24) is 0 Å². The molecule has 1 saturated heterocycles. The summed E-state index contributed by atoms with van der Waals surface area (Å²) in [6, 6.07) is 7.42. The van der Waals surface area contributed by atoms with E-state index < -0.39 is 37.3 Å². The second-order valence-electron chi connectivity index (χ2n) is 5.98. The summed E-state index contributed by atoms with van der Waals surface area (Å²) in [5.41, 5.74) is 6.76. The van der Waals surface area contributed by atoms with Gasteiger partial charge in [-0.15, -0.1) is 10.2 Å². The summed E-state index contributed by atoms with van der Waals surface area (Å²) in [6.45, 7) is 2.05. The van der Waals surface area contributed by atoms with Gasteiger partial charge in [0.15, 0.2) is 6.23 Å². The Labute approximate surface area is 157 Å². The molecule has 0 amide bonds. The van der Waals surface area contributed by atoms with Gasteiger partial charge in [0, 0.05) is 13.5 Å². The Morgan fingerprint density at radius 3 is 2.52 bits per heavy atom. The zero-order chi connectivity index (χ0) is 19.8. The van der Waals surface area contributed by atoms with Gasteiger partial charge in [0.05, 0.1) is 13.2 Å². The van der Waals surface area contributed by atoms with Crippen molar-refractivity contribution in [2.24, 2.45) is 21.2 Å². The van der Waals surface area contributed by atoms with Crippen molar-refractivity contribution in [2.45, 2.75) is 44.0 Å². The van der Waals surface area contributed by atoms with Gasteiger partial charge in [-0.3, -0.25) is 0 Å². The molecule has 5 atom stereocenters. The maximum Gasteiger partial charge on any atom is 0.199 e. The predicted molar refractivity (Wildman–Crippen MR) is 96.4 cm³/mol. The Morgan fingerprint density at radius 2 is 1.93 bits per heavy atom. The molecule has 2 rings (SSSR count). The van der Waals surface area contributed by atoms with Crippen molar-refractivity contribution in [3.8, 4) is 5.75 Å². The zero-order valence-electron chi connectivity index (χ0n) is 15.3. The quantitative estimate of drug-likeness (QED) is 0.210. The monoisotopic (exact) mass is 382 g/mol. The molecule has 27 heavy (non-hydrogen) atoms. The first-order valence-electron chi connectivity index (χ1n) is 8.59. The van der Waals surface area contributed by atoms with Crippen molar-refractivity contribution >= 4 is 5.84 Å². The first kappa shape index (κ1) is 21.2. The summed E-state index contributed by atoms with van der Waals surface area (Å²) < 4.78 is 15.7. The fourth-order valence-corrected chi connectivity index (χ4v) is 2.69. The lowest BCUT2D eigenvalue weighted by atomic mass is 9.98. The number of ether oxygens (including phenoxy) is 3. The number of hydrogen-bond donors (Lipinski definition) is 4. The number of methoxy groups -OCH3 is 1. The highest BCUT2D eigenvalue weighted by atomic mass is 16.6. The molecule has 1 aromatic carbocycles. The van der Waals surface area contributed by atoms with Crippen LogP contribution in [0, 0.1) is 0 Å². The molecule has 1 fully saturated rings. The average molecular weight is 382 g/mol. The highest BCUT2D eigenvalue weighted by Crippen LogP contribution is 2.24. The van der Waals surface area contributed by atoms with E-state index >= 15 is 0 Å². The molecule has 1 aliphatic rings. The lowest BCUT2D eigenvalue weighted by Gasteiger charge is -2.39. The molecule has 0 aromatic heterocycles. The van der Waals surface area contributed by atoms with Crippen LogP contribution < -0.4 is 10.5 Å². The van der Waals surface area contributed by atoms with Crippen molar-refractivity contribution in [2.75, 3.05) is 20.3 Å². The largest absolute Gasteiger partial charge is 0.494 e. The average Bonchev–Trinajstić information content (AvgIpc) is 2.66. The van der Waals surface area contributed by atoms with Crippen LogP contribution in [-0.4, -0.2) is 72.1 Å². The third-order valence-corrected chi connectivity index (χ3v) is 4.07. The zero-order valence-corrected chi connectivity index (χ0v) is 15.3. The van der Waals surface area contributed by atoms with Crippen LogP contribution in [0.15, 0.2) is 39.7 Å². The maximum atomic E-state index is 10.1. The maximum absolute atomic E-state index is 10.1. The first-order valence-corrected chi connectivity index (χ1v) is 8.59. The molecule has 10 heteroatoms. The number of hydrogen-bond acceptors (Lipinski definition) is 8. The van der Waals surface area contributed by atoms with E-state index in [9.17, 15) is 15.3 Å². The fraction of sp³-hybridized carbons (Fsp3) is 0.588. The third-order valence-electron chi connectivity index (χ3n) is 4.07. The molecule has 1 heterocycles. The Morgan fingerprint density at radius 1 is 1.22 bits per heavy atom. The molecular weight excluding hydrogens is 356 g/mol. The summed E-state index contributed by atoms with van der Waals surface area (Å²) in [5.74, 6) is 0.989. The Kier molecular flexibility index (Phi) is 8.07. The molecule has 1 aromatic rings. The van der Waals surface area contributed by atoms with Gasteiger partial charge in [-0.25, -0.2) is 0 Å². The van der Waals surface area contributed by atoms with E-state index in [1.165, 1.54) is 7.11 Å². The van der Waals surface area contributed by atoms with Crippen LogP contribution in [0.25, 0.3) is 0 Å². The first-order chi connectivity index (χ1) is 13.0. The second kappa shape index (κ2) is 10.3. The Balaban J connectivity index is 1.97. The van der Waals surface area contributed by atoms with Crippen LogP contribution in [0.3, 0.4) is 0 Å². The Bertz CT molecular complexity index is 639. The minimum absolute atomic E-state index is 0.218.